The van der Waals surface area contributed by atoms with E-state index >= 15 is 0 Å². The summed E-state index contributed by atoms with van der Waals surface area (Å²) in [5.41, 5.74) is 0. The molecule has 1 aliphatic rings. The number of hydrogen-bond donors (Lipinski definition) is 2. The van der Waals surface area contributed by atoms with Crippen LogP contribution in [-0.2, 0) is 4.74 Å². The standard InChI is InChI=1S/C11H24N2O/c1-3-5-10(6-4-2)13-11-9-12-7-8-14-11/h10-13H,3-9H2,1-2H3. The van der Waals surface area contributed by atoms with E-state index in [1.165, 1.54) is 25.7 Å². The van der Waals surface area contributed by atoms with Gasteiger partial charge in [-0.3, -0.25) is 5.32 Å². The summed E-state index contributed by atoms with van der Waals surface area (Å²) in [5.74, 6) is 0. The molecule has 1 rings (SSSR count). The summed E-state index contributed by atoms with van der Waals surface area (Å²) in [7, 11) is 0. The van der Waals surface area contributed by atoms with Gasteiger partial charge >= 0.3 is 0 Å². The first kappa shape index (κ1) is 12.0. The number of rotatable bonds is 6. The van der Waals surface area contributed by atoms with Crippen LogP contribution in [-0.4, -0.2) is 32.0 Å². The van der Waals surface area contributed by atoms with Gasteiger partial charge in [0.1, 0.15) is 6.23 Å². The lowest BCUT2D eigenvalue weighted by molar-refractivity contribution is -0.00184. The lowest BCUT2D eigenvalue weighted by Gasteiger charge is -2.29. The Hall–Kier alpha value is -0.120. The molecule has 1 unspecified atom stereocenters. The van der Waals surface area contributed by atoms with Crippen molar-refractivity contribution in [2.24, 2.45) is 0 Å². The van der Waals surface area contributed by atoms with E-state index in [4.69, 9.17) is 4.74 Å². The van der Waals surface area contributed by atoms with Crippen LogP contribution in [0.4, 0.5) is 0 Å². The van der Waals surface area contributed by atoms with Gasteiger partial charge in [-0.1, -0.05) is 26.7 Å². The molecule has 3 nitrogen and oxygen atoms in total. The fourth-order valence-electron chi connectivity index (χ4n) is 1.94. The summed E-state index contributed by atoms with van der Waals surface area (Å²) in [4.78, 5) is 0. The van der Waals surface area contributed by atoms with Gasteiger partial charge in [-0.05, 0) is 12.8 Å². The van der Waals surface area contributed by atoms with Crippen molar-refractivity contribution in [3.05, 3.63) is 0 Å². The first-order chi connectivity index (χ1) is 6.86. The Labute approximate surface area is 87.6 Å². The van der Waals surface area contributed by atoms with Gasteiger partial charge in [0.05, 0.1) is 6.61 Å². The van der Waals surface area contributed by atoms with E-state index in [-0.39, 0.29) is 6.23 Å². The summed E-state index contributed by atoms with van der Waals surface area (Å²) >= 11 is 0. The minimum Gasteiger partial charge on any atom is -0.361 e. The number of nitrogens with one attached hydrogen (secondary N) is 2. The van der Waals surface area contributed by atoms with Crippen LogP contribution in [0.3, 0.4) is 0 Å². The van der Waals surface area contributed by atoms with E-state index in [9.17, 15) is 0 Å². The molecule has 1 atom stereocenters. The molecular formula is C11H24N2O. The smallest absolute Gasteiger partial charge is 0.120 e. The SMILES string of the molecule is CCCC(CCC)NC1CNCCO1. The second-order valence-corrected chi connectivity index (χ2v) is 4.00. The molecule has 0 radical (unpaired) electrons. The highest BCUT2D eigenvalue weighted by atomic mass is 16.5. The van der Waals surface area contributed by atoms with Gasteiger partial charge in [0.2, 0.25) is 0 Å². The molecule has 1 aliphatic heterocycles. The third-order valence-corrected chi connectivity index (χ3v) is 2.62. The van der Waals surface area contributed by atoms with Crippen LogP contribution in [0, 0.1) is 0 Å². The lowest BCUT2D eigenvalue weighted by atomic mass is 10.1. The minimum atomic E-state index is 0.229. The first-order valence-corrected chi connectivity index (χ1v) is 5.95. The van der Waals surface area contributed by atoms with Gasteiger partial charge in [0.25, 0.3) is 0 Å². The average molecular weight is 200 g/mol. The zero-order chi connectivity index (χ0) is 10.2. The molecule has 0 spiro atoms. The molecule has 0 bridgehead atoms. The van der Waals surface area contributed by atoms with Crippen molar-refractivity contribution in [2.45, 2.75) is 51.8 Å². The van der Waals surface area contributed by atoms with E-state index < -0.39 is 0 Å². The van der Waals surface area contributed by atoms with Crippen molar-refractivity contribution in [1.29, 1.82) is 0 Å². The molecule has 1 saturated heterocycles. The van der Waals surface area contributed by atoms with Gasteiger partial charge in [0, 0.05) is 19.1 Å². The highest BCUT2D eigenvalue weighted by Gasteiger charge is 2.16. The highest BCUT2D eigenvalue weighted by Crippen LogP contribution is 2.06. The summed E-state index contributed by atoms with van der Waals surface area (Å²) in [5, 5.41) is 6.91. The van der Waals surface area contributed by atoms with Gasteiger partial charge in [-0.15, -0.1) is 0 Å². The summed E-state index contributed by atoms with van der Waals surface area (Å²) in [6.07, 6.45) is 5.24. The molecular weight excluding hydrogens is 176 g/mol. The number of hydrogen-bond acceptors (Lipinski definition) is 3. The zero-order valence-corrected chi connectivity index (χ0v) is 9.51. The van der Waals surface area contributed by atoms with E-state index in [0.717, 1.165) is 19.7 Å². The predicted octanol–water partition coefficient (Wildman–Crippen LogP) is 1.49. The lowest BCUT2D eigenvalue weighted by Crippen LogP contribution is -2.50. The van der Waals surface area contributed by atoms with E-state index in [2.05, 4.69) is 24.5 Å². The molecule has 14 heavy (non-hydrogen) atoms. The molecule has 3 heteroatoms. The molecule has 1 fully saturated rings. The summed E-state index contributed by atoms with van der Waals surface area (Å²) < 4.78 is 5.63. The maximum absolute atomic E-state index is 5.63. The molecule has 2 N–H and O–H groups in total. The molecule has 0 amide bonds. The number of ether oxygens (including phenoxy) is 1. The van der Waals surface area contributed by atoms with Crippen molar-refractivity contribution in [3.63, 3.8) is 0 Å². The van der Waals surface area contributed by atoms with Crippen LogP contribution >= 0.6 is 0 Å². The fraction of sp³-hybridized carbons (Fsp3) is 1.00. The molecule has 84 valence electrons. The average Bonchev–Trinajstić information content (AvgIpc) is 2.20. The Morgan fingerprint density at radius 3 is 2.57 bits per heavy atom. The monoisotopic (exact) mass is 200 g/mol. The Balaban J connectivity index is 2.21. The molecule has 0 saturated carbocycles. The summed E-state index contributed by atoms with van der Waals surface area (Å²) in [6, 6.07) is 0.634. The van der Waals surface area contributed by atoms with Crippen molar-refractivity contribution in [3.8, 4) is 0 Å². The maximum Gasteiger partial charge on any atom is 0.120 e. The predicted molar refractivity (Wildman–Crippen MR) is 59.3 cm³/mol. The highest BCUT2D eigenvalue weighted by molar-refractivity contribution is 4.72. The van der Waals surface area contributed by atoms with E-state index in [1.54, 1.807) is 0 Å². The van der Waals surface area contributed by atoms with Crippen LogP contribution in [0.15, 0.2) is 0 Å². The zero-order valence-electron chi connectivity index (χ0n) is 9.51. The Morgan fingerprint density at radius 1 is 1.36 bits per heavy atom. The normalized spacial score (nSPS) is 22.9. The second kappa shape index (κ2) is 7.21. The van der Waals surface area contributed by atoms with Gasteiger partial charge in [-0.25, -0.2) is 0 Å². The van der Waals surface area contributed by atoms with E-state index in [0.29, 0.717) is 6.04 Å². The van der Waals surface area contributed by atoms with Gasteiger partial charge in [0.15, 0.2) is 0 Å². The third-order valence-electron chi connectivity index (χ3n) is 2.62. The third kappa shape index (κ3) is 4.40. The number of morpholine rings is 1. The molecule has 0 aromatic rings. The molecule has 0 aliphatic carbocycles. The molecule has 0 aromatic heterocycles. The van der Waals surface area contributed by atoms with Gasteiger partial charge < -0.3 is 10.1 Å². The van der Waals surface area contributed by atoms with Crippen molar-refractivity contribution in [2.75, 3.05) is 19.7 Å². The topological polar surface area (TPSA) is 33.3 Å². The maximum atomic E-state index is 5.63. The molecule has 0 aromatic carbocycles. The van der Waals surface area contributed by atoms with E-state index in [1.807, 2.05) is 0 Å². The molecule has 1 heterocycles. The van der Waals surface area contributed by atoms with Gasteiger partial charge in [-0.2, -0.15) is 0 Å². The second-order valence-electron chi connectivity index (χ2n) is 4.00. The van der Waals surface area contributed by atoms with Crippen LogP contribution in [0.25, 0.3) is 0 Å². The van der Waals surface area contributed by atoms with Crippen LogP contribution < -0.4 is 10.6 Å². The van der Waals surface area contributed by atoms with Crippen LogP contribution in [0.5, 0.6) is 0 Å². The van der Waals surface area contributed by atoms with Crippen molar-refractivity contribution < 1.29 is 4.74 Å². The van der Waals surface area contributed by atoms with Crippen molar-refractivity contribution in [1.82, 2.24) is 10.6 Å². The quantitative estimate of drug-likeness (QED) is 0.681. The fourth-order valence-corrected chi connectivity index (χ4v) is 1.94. The minimum absolute atomic E-state index is 0.229. The Bertz CT molecular complexity index is 129. The van der Waals surface area contributed by atoms with Crippen LogP contribution in [0.1, 0.15) is 39.5 Å². The largest absolute Gasteiger partial charge is 0.361 e. The Kier molecular flexibility index (Phi) is 6.15. The van der Waals surface area contributed by atoms with Crippen molar-refractivity contribution >= 4 is 0 Å². The first-order valence-electron chi connectivity index (χ1n) is 5.95. The van der Waals surface area contributed by atoms with Crippen LogP contribution in [0.2, 0.25) is 0 Å². The Morgan fingerprint density at radius 2 is 2.07 bits per heavy atom. The summed E-state index contributed by atoms with van der Waals surface area (Å²) in [6.45, 7) is 7.26.